The number of nitrogens with zero attached hydrogens (tertiary/aromatic N) is 3. The van der Waals surface area contributed by atoms with Gasteiger partial charge in [0, 0.05) is 44.5 Å². The van der Waals surface area contributed by atoms with Crippen molar-refractivity contribution in [3.05, 3.63) is 63.1 Å². The molecule has 1 aliphatic rings. The van der Waals surface area contributed by atoms with Crippen molar-refractivity contribution in [1.29, 1.82) is 0 Å². The number of aromatic nitrogens is 1. The van der Waals surface area contributed by atoms with Crippen LogP contribution in [0.3, 0.4) is 0 Å². The molecule has 0 aliphatic carbocycles. The number of para-hydroxylation sites is 1. The molecule has 0 bridgehead atoms. The normalized spacial score (nSPS) is 15.5. The number of hydrogen-bond donors (Lipinski definition) is 0. The average Bonchev–Trinajstić information content (AvgIpc) is 2.77. The minimum Gasteiger partial charge on any atom is -0.334 e. The Morgan fingerprint density at radius 1 is 0.971 bits per heavy atom. The molecule has 0 atom stereocenters. The van der Waals surface area contributed by atoms with E-state index in [1.54, 1.807) is 11.9 Å². The molecule has 3 rings (SSSR count). The Morgan fingerprint density at radius 3 is 2.32 bits per heavy atom. The number of benzene rings is 1. The van der Waals surface area contributed by atoms with E-state index in [4.69, 9.17) is 0 Å². The summed E-state index contributed by atoms with van der Waals surface area (Å²) in [4.78, 5) is 43.6. The quantitative estimate of drug-likeness (QED) is 0.642. The number of carbonyl (C=O) groups is 2. The highest BCUT2D eigenvalue weighted by atomic mass is 16.2. The van der Waals surface area contributed by atoms with Gasteiger partial charge in [0.2, 0.25) is 5.91 Å². The highest BCUT2D eigenvalue weighted by Gasteiger charge is 2.25. The van der Waals surface area contributed by atoms with Crippen LogP contribution in [0.15, 0.2) is 35.1 Å². The summed E-state index contributed by atoms with van der Waals surface area (Å²) in [7, 11) is 1.71. The number of aryl methyl sites for hydroxylation is 2. The van der Waals surface area contributed by atoms with Gasteiger partial charge < -0.3 is 14.4 Å². The van der Waals surface area contributed by atoms with Crippen molar-refractivity contribution < 1.29 is 9.59 Å². The van der Waals surface area contributed by atoms with Gasteiger partial charge in [0.05, 0.1) is 0 Å². The average molecular weight is 466 g/mol. The molecule has 184 valence electrons. The first-order valence-corrected chi connectivity index (χ1v) is 12.6. The van der Waals surface area contributed by atoms with E-state index >= 15 is 0 Å². The van der Waals surface area contributed by atoms with Crippen LogP contribution in [0.5, 0.6) is 0 Å². The molecule has 6 nitrogen and oxygen atoms in total. The van der Waals surface area contributed by atoms with E-state index in [1.807, 2.05) is 49.1 Å². The summed E-state index contributed by atoms with van der Waals surface area (Å²) >= 11 is 0. The van der Waals surface area contributed by atoms with Crippen molar-refractivity contribution in [2.45, 2.75) is 72.8 Å². The van der Waals surface area contributed by atoms with Crippen LogP contribution >= 0.6 is 0 Å². The number of anilines is 1. The zero-order chi connectivity index (χ0) is 24.8. The van der Waals surface area contributed by atoms with Crippen molar-refractivity contribution in [2.75, 3.05) is 18.0 Å². The molecule has 0 radical (unpaired) electrons. The lowest BCUT2D eigenvalue weighted by Crippen LogP contribution is -2.39. The monoisotopic (exact) mass is 465 g/mol. The van der Waals surface area contributed by atoms with Crippen LogP contribution in [0.1, 0.15) is 79.6 Å². The summed E-state index contributed by atoms with van der Waals surface area (Å²) < 4.78 is 1.54. The lowest BCUT2D eigenvalue weighted by Gasteiger charge is -2.30. The molecule has 2 aromatic rings. The zero-order valence-electron chi connectivity index (χ0n) is 21.4. The van der Waals surface area contributed by atoms with Crippen LogP contribution in [0.4, 0.5) is 5.69 Å². The van der Waals surface area contributed by atoms with Gasteiger partial charge in [-0.2, -0.15) is 0 Å². The lowest BCUT2D eigenvalue weighted by molar-refractivity contribution is -0.119. The molecule has 0 saturated carbocycles. The number of hydrogen-bond acceptors (Lipinski definition) is 3. The van der Waals surface area contributed by atoms with Gasteiger partial charge in [0.25, 0.3) is 11.5 Å². The fourth-order valence-electron chi connectivity index (χ4n) is 4.70. The second-order valence-corrected chi connectivity index (χ2v) is 9.97. The Labute approximate surface area is 203 Å². The third-order valence-electron chi connectivity index (χ3n) is 6.71. The van der Waals surface area contributed by atoms with Gasteiger partial charge in [0.1, 0.15) is 5.56 Å². The third kappa shape index (κ3) is 5.96. The molecular weight excluding hydrogens is 426 g/mol. The Hall–Kier alpha value is -2.89. The Kier molecular flexibility index (Phi) is 8.70. The number of rotatable bonds is 3. The summed E-state index contributed by atoms with van der Waals surface area (Å²) in [6, 6.07) is 9.78. The molecule has 2 heterocycles. The molecule has 0 unspecified atom stereocenters. The lowest BCUT2D eigenvalue weighted by atomic mass is 10.0. The maximum absolute atomic E-state index is 13.7. The Morgan fingerprint density at radius 2 is 1.62 bits per heavy atom. The van der Waals surface area contributed by atoms with Gasteiger partial charge >= 0.3 is 0 Å². The number of fused-ring (bicyclic) bond motifs is 1. The largest absolute Gasteiger partial charge is 0.334 e. The molecule has 1 aromatic carbocycles. The predicted octanol–water partition coefficient (Wildman–Crippen LogP) is 4.99. The second kappa shape index (κ2) is 11.5. The van der Waals surface area contributed by atoms with E-state index < -0.39 is 0 Å². The van der Waals surface area contributed by atoms with E-state index in [0.29, 0.717) is 31.6 Å². The van der Waals surface area contributed by atoms with Gasteiger partial charge in [0.15, 0.2) is 0 Å². The fourth-order valence-corrected chi connectivity index (χ4v) is 4.70. The molecular formula is C28H39N3O3. The predicted molar refractivity (Wildman–Crippen MR) is 137 cm³/mol. The number of amides is 2. The van der Waals surface area contributed by atoms with E-state index in [2.05, 4.69) is 13.8 Å². The van der Waals surface area contributed by atoms with Crippen LogP contribution in [0, 0.1) is 19.8 Å². The number of pyridine rings is 1. The summed E-state index contributed by atoms with van der Waals surface area (Å²) in [5.74, 6) is 0.172. The molecule has 0 spiro atoms. The van der Waals surface area contributed by atoms with E-state index in [1.165, 1.54) is 4.57 Å². The minimum absolute atomic E-state index is 0.126. The van der Waals surface area contributed by atoms with Gasteiger partial charge in [-0.1, -0.05) is 51.3 Å². The summed E-state index contributed by atoms with van der Waals surface area (Å²) in [5, 5.41) is 0. The zero-order valence-corrected chi connectivity index (χ0v) is 21.4. The van der Waals surface area contributed by atoms with Crippen LogP contribution in [0.2, 0.25) is 0 Å². The molecule has 0 N–H and O–H groups in total. The van der Waals surface area contributed by atoms with Crippen molar-refractivity contribution in [3.63, 3.8) is 0 Å². The standard InChI is InChI=1S/C28H39N3O3/c1-20(2)17-25(32)31-16-12-8-6-7-11-15-30(19-23-13-9-10-14-24(23)31)28(34)26-21(3)18-22(4)29(5)27(26)33/h9-10,13-14,18,20H,6-8,11-12,15-17,19H2,1-5H3. The van der Waals surface area contributed by atoms with Crippen LogP contribution in [-0.4, -0.2) is 34.4 Å². The van der Waals surface area contributed by atoms with Crippen molar-refractivity contribution in [3.8, 4) is 0 Å². The van der Waals surface area contributed by atoms with E-state index in [9.17, 15) is 14.4 Å². The molecule has 0 saturated heterocycles. The SMILES string of the molecule is Cc1cc(C)n(C)c(=O)c1C(=O)N1CCCCCCCN(C(=O)CC(C)C)c2ccccc2C1. The maximum atomic E-state index is 13.7. The molecule has 0 fully saturated rings. The maximum Gasteiger partial charge on any atom is 0.263 e. The second-order valence-electron chi connectivity index (χ2n) is 9.97. The highest BCUT2D eigenvalue weighted by Crippen LogP contribution is 2.26. The summed E-state index contributed by atoms with van der Waals surface area (Å²) in [6.45, 7) is 9.47. The topological polar surface area (TPSA) is 62.6 Å². The first kappa shape index (κ1) is 25.7. The molecule has 1 aromatic heterocycles. The minimum atomic E-state index is -0.254. The Balaban J connectivity index is 2.02. The number of carbonyl (C=O) groups excluding carboxylic acids is 2. The van der Waals surface area contributed by atoms with Crippen molar-refractivity contribution in [1.82, 2.24) is 9.47 Å². The van der Waals surface area contributed by atoms with Gasteiger partial charge in [-0.15, -0.1) is 0 Å². The van der Waals surface area contributed by atoms with Gasteiger partial charge in [-0.3, -0.25) is 14.4 Å². The summed E-state index contributed by atoms with van der Waals surface area (Å²) in [5.41, 5.74) is 3.34. The molecule has 1 aliphatic heterocycles. The van der Waals surface area contributed by atoms with Crippen molar-refractivity contribution >= 4 is 17.5 Å². The van der Waals surface area contributed by atoms with Crippen LogP contribution in [0.25, 0.3) is 0 Å². The van der Waals surface area contributed by atoms with E-state index in [-0.39, 0.29) is 28.9 Å². The van der Waals surface area contributed by atoms with Gasteiger partial charge in [-0.05, 0) is 55.9 Å². The Bertz CT molecular complexity index is 1090. The molecule has 6 heteroatoms. The smallest absolute Gasteiger partial charge is 0.263 e. The van der Waals surface area contributed by atoms with Crippen molar-refractivity contribution in [2.24, 2.45) is 13.0 Å². The first-order chi connectivity index (χ1) is 16.2. The van der Waals surface area contributed by atoms with Crippen LogP contribution in [-0.2, 0) is 18.4 Å². The fraction of sp³-hybridized carbons (Fsp3) is 0.536. The van der Waals surface area contributed by atoms with Gasteiger partial charge in [-0.25, -0.2) is 0 Å². The molecule has 2 amide bonds. The summed E-state index contributed by atoms with van der Waals surface area (Å²) in [6.07, 6.45) is 5.51. The van der Waals surface area contributed by atoms with E-state index in [0.717, 1.165) is 49.0 Å². The third-order valence-corrected chi connectivity index (χ3v) is 6.71. The van der Waals surface area contributed by atoms with Crippen LogP contribution < -0.4 is 10.5 Å². The highest BCUT2D eigenvalue weighted by molar-refractivity contribution is 5.96. The first-order valence-electron chi connectivity index (χ1n) is 12.6. The molecule has 34 heavy (non-hydrogen) atoms.